The highest BCUT2D eigenvalue weighted by atomic mass is 16.5. The van der Waals surface area contributed by atoms with Crippen molar-refractivity contribution in [2.24, 2.45) is 11.5 Å². The molecule has 1 aromatic rings. The average Bonchev–Trinajstić information content (AvgIpc) is 3.01. The second kappa shape index (κ2) is 6.49. The van der Waals surface area contributed by atoms with Crippen LogP contribution in [0.25, 0.3) is 0 Å². The number of nitrogens with one attached hydrogen (secondary N) is 1. The van der Waals surface area contributed by atoms with Gasteiger partial charge in [-0.25, -0.2) is 0 Å². The first kappa shape index (κ1) is 14.5. The highest BCUT2D eigenvalue weighted by Gasteiger charge is 2.18. The zero-order chi connectivity index (χ0) is 14.5. The predicted octanol–water partition coefficient (Wildman–Crippen LogP) is -0.797. The second-order valence-electron chi connectivity index (χ2n) is 4.85. The van der Waals surface area contributed by atoms with Gasteiger partial charge in [-0.15, -0.1) is 0 Å². The van der Waals surface area contributed by atoms with Crippen LogP contribution >= 0.6 is 0 Å². The molecule has 20 heavy (non-hydrogen) atoms. The van der Waals surface area contributed by atoms with Crippen LogP contribution < -0.4 is 16.8 Å². The number of rotatable bonds is 6. The second-order valence-corrected chi connectivity index (χ2v) is 4.85. The fourth-order valence-corrected chi connectivity index (χ4v) is 2.07. The first-order valence-corrected chi connectivity index (χ1v) is 6.53. The van der Waals surface area contributed by atoms with E-state index in [1.807, 2.05) is 0 Å². The van der Waals surface area contributed by atoms with E-state index in [1.54, 1.807) is 10.9 Å². The van der Waals surface area contributed by atoms with Gasteiger partial charge in [0.15, 0.2) is 0 Å². The van der Waals surface area contributed by atoms with Gasteiger partial charge in [0.25, 0.3) is 0 Å². The molecule has 1 aliphatic heterocycles. The maximum atomic E-state index is 11.7. The number of primary amides is 1. The van der Waals surface area contributed by atoms with Gasteiger partial charge in [0, 0.05) is 12.8 Å². The van der Waals surface area contributed by atoms with Crippen molar-refractivity contribution < 1.29 is 14.3 Å². The maximum absolute atomic E-state index is 11.7. The minimum atomic E-state index is -0.950. The summed E-state index contributed by atoms with van der Waals surface area (Å²) < 4.78 is 7.22. The van der Waals surface area contributed by atoms with Gasteiger partial charge >= 0.3 is 0 Å². The van der Waals surface area contributed by atoms with E-state index in [9.17, 15) is 9.59 Å². The summed E-state index contributed by atoms with van der Waals surface area (Å²) >= 11 is 0. The Morgan fingerprint density at radius 2 is 2.40 bits per heavy atom. The van der Waals surface area contributed by atoms with E-state index in [1.165, 1.54) is 6.20 Å². The van der Waals surface area contributed by atoms with Gasteiger partial charge in [0.1, 0.15) is 0 Å². The summed E-state index contributed by atoms with van der Waals surface area (Å²) in [5.74, 6) is -1.07. The van der Waals surface area contributed by atoms with Crippen LogP contribution in [0, 0.1) is 0 Å². The van der Waals surface area contributed by atoms with Crippen molar-refractivity contribution >= 4 is 17.5 Å². The van der Waals surface area contributed by atoms with Crippen LogP contribution in [-0.2, 0) is 20.9 Å². The number of hydrogen-bond acceptors (Lipinski definition) is 5. The number of amides is 2. The van der Waals surface area contributed by atoms with Crippen molar-refractivity contribution in [1.29, 1.82) is 0 Å². The van der Waals surface area contributed by atoms with Crippen LogP contribution in [0.3, 0.4) is 0 Å². The van der Waals surface area contributed by atoms with Gasteiger partial charge in [-0.2, -0.15) is 5.10 Å². The van der Waals surface area contributed by atoms with Gasteiger partial charge < -0.3 is 21.5 Å². The summed E-state index contributed by atoms with van der Waals surface area (Å²) in [7, 11) is 0. The summed E-state index contributed by atoms with van der Waals surface area (Å²) in [6, 6.07) is -0.950. The van der Waals surface area contributed by atoms with Crippen LogP contribution in [0.1, 0.15) is 19.3 Å². The van der Waals surface area contributed by atoms with Gasteiger partial charge in [-0.1, -0.05) is 0 Å². The summed E-state index contributed by atoms with van der Waals surface area (Å²) in [6.07, 6.45) is 5.31. The molecule has 0 aliphatic carbocycles. The molecule has 0 aromatic carbocycles. The summed E-state index contributed by atoms with van der Waals surface area (Å²) in [5.41, 5.74) is 11.1. The summed E-state index contributed by atoms with van der Waals surface area (Å²) in [4.78, 5) is 22.4. The Morgan fingerprint density at radius 3 is 3.05 bits per heavy atom. The number of ether oxygens (including phenoxy) is 1. The molecule has 2 amide bonds. The third-order valence-electron chi connectivity index (χ3n) is 3.07. The van der Waals surface area contributed by atoms with E-state index in [2.05, 4.69) is 10.4 Å². The standard InChI is InChI=1S/C12H19N5O3/c13-10(4-11(14)18)12(19)16-8-5-15-17(6-8)7-9-2-1-3-20-9/h5-6,9-10H,1-4,7,13H2,(H2,14,18)(H,16,19). The molecule has 1 saturated heterocycles. The molecule has 0 bridgehead atoms. The van der Waals surface area contributed by atoms with E-state index >= 15 is 0 Å². The Morgan fingerprint density at radius 1 is 1.60 bits per heavy atom. The fourth-order valence-electron chi connectivity index (χ4n) is 2.07. The molecule has 0 spiro atoms. The largest absolute Gasteiger partial charge is 0.376 e. The predicted molar refractivity (Wildman–Crippen MR) is 71.6 cm³/mol. The lowest BCUT2D eigenvalue weighted by molar-refractivity contribution is -0.123. The van der Waals surface area contributed by atoms with Crippen molar-refractivity contribution in [3.8, 4) is 0 Å². The maximum Gasteiger partial charge on any atom is 0.241 e. The van der Waals surface area contributed by atoms with Gasteiger partial charge in [0.2, 0.25) is 11.8 Å². The molecule has 0 saturated carbocycles. The highest BCUT2D eigenvalue weighted by Crippen LogP contribution is 2.15. The van der Waals surface area contributed by atoms with Crippen molar-refractivity contribution in [1.82, 2.24) is 9.78 Å². The fraction of sp³-hybridized carbons (Fsp3) is 0.583. The lowest BCUT2D eigenvalue weighted by Gasteiger charge is -2.09. The zero-order valence-corrected chi connectivity index (χ0v) is 11.1. The molecule has 0 radical (unpaired) electrons. The number of nitrogens with two attached hydrogens (primary N) is 2. The molecule has 5 N–H and O–H groups in total. The average molecular weight is 281 g/mol. The van der Waals surface area contributed by atoms with E-state index < -0.39 is 17.9 Å². The number of carbonyl (C=O) groups is 2. The SMILES string of the molecule is NC(=O)CC(N)C(=O)Nc1cnn(CC2CCCO2)c1. The van der Waals surface area contributed by atoms with E-state index in [0.717, 1.165) is 19.4 Å². The van der Waals surface area contributed by atoms with Crippen molar-refractivity contribution in [2.45, 2.75) is 38.0 Å². The quantitative estimate of drug-likeness (QED) is 0.629. The van der Waals surface area contributed by atoms with Crippen LogP contribution in [0.15, 0.2) is 12.4 Å². The first-order valence-electron chi connectivity index (χ1n) is 6.53. The van der Waals surface area contributed by atoms with Gasteiger partial charge in [-0.05, 0) is 12.8 Å². The minimum absolute atomic E-state index is 0.176. The Kier molecular flexibility index (Phi) is 4.70. The van der Waals surface area contributed by atoms with Crippen LogP contribution in [0.2, 0.25) is 0 Å². The molecule has 2 atom stereocenters. The molecular weight excluding hydrogens is 262 g/mol. The van der Waals surface area contributed by atoms with Crippen molar-refractivity contribution in [2.75, 3.05) is 11.9 Å². The number of carbonyl (C=O) groups excluding carboxylic acids is 2. The molecule has 8 nitrogen and oxygen atoms in total. The molecule has 1 fully saturated rings. The topological polar surface area (TPSA) is 125 Å². The molecule has 2 heterocycles. The minimum Gasteiger partial charge on any atom is -0.376 e. The molecule has 2 unspecified atom stereocenters. The Balaban J connectivity index is 1.85. The van der Waals surface area contributed by atoms with Crippen LogP contribution in [-0.4, -0.2) is 40.3 Å². The number of aromatic nitrogens is 2. The molecule has 1 aliphatic rings. The van der Waals surface area contributed by atoms with Crippen LogP contribution in [0.4, 0.5) is 5.69 Å². The zero-order valence-electron chi connectivity index (χ0n) is 11.1. The van der Waals surface area contributed by atoms with Crippen LogP contribution in [0.5, 0.6) is 0 Å². The van der Waals surface area contributed by atoms with E-state index in [4.69, 9.17) is 16.2 Å². The number of hydrogen-bond donors (Lipinski definition) is 3. The van der Waals surface area contributed by atoms with Gasteiger partial charge in [-0.3, -0.25) is 14.3 Å². The van der Waals surface area contributed by atoms with Crippen molar-refractivity contribution in [3.05, 3.63) is 12.4 Å². The smallest absolute Gasteiger partial charge is 0.241 e. The number of anilines is 1. The van der Waals surface area contributed by atoms with E-state index in [-0.39, 0.29) is 12.5 Å². The molecule has 1 aromatic heterocycles. The lowest BCUT2D eigenvalue weighted by atomic mass is 10.2. The van der Waals surface area contributed by atoms with E-state index in [0.29, 0.717) is 12.2 Å². The Labute approximate surface area is 116 Å². The first-order chi connectivity index (χ1) is 9.54. The summed E-state index contributed by atoms with van der Waals surface area (Å²) in [6.45, 7) is 1.45. The lowest BCUT2D eigenvalue weighted by Crippen LogP contribution is -2.38. The molecular formula is C12H19N5O3. The Hall–Kier alpha value is -1.93. The summed E-state index contributed by atoms with van der Waals surface area (Å²) in [5, 5.41) is 6.74. The Bertz CT molecular complexity index is 481. The third-order valence-corrected chi connectivity index (χ3v) is 3.07. The molecule has 110 valence electrons. The molecule has 2 rings (SSSR count). The van der Waals surface area contributed by atoms with Crippen molar-refractivity contribution in [3.63, 3.8) is 0 Å². The molecule has 8 heteroatoms. The normalized spacial score (nSPS) is 19.8. The highest BCUT2D eigenvalue weighted by molar-refractivity contribution is 5.96. The van der Waals surface area contributed by atoms with Gasteiger partial charge in [0.05, 0.1) is 37.0 Å². The number of nitrogens with zero attached hydrogens (tertiary/aromatic N) is 2. The monoisotopic (exact) mass is 281 g/mol. The third kappa shape index (κ3) is 4.04.